The predicted molar refractivity (Wildman–Crippen MR) is 122 cm³/mol. The van der Waals surface area contributed by atoms with Gasteiger partial charge in [-0.1, -0.05) is 12.1 Å². The summed E-state index contributed by atoms with van der Waals surface area (Å²) in [6.45, 7) is 8.36. The Kier molecular flexibility index (Phi) is 7.05. The number of amides is 2. The van der Waals surface area contributed by atoms with Crippen molar-refractivity contribution in [2.75, 3.05) is 18.5 Å². The zero-order valence-corrected chi connectivity index (χ0v) is 18.7. The van der Waals surface area contributed by atoms with Crippen LogP contribution in [0.4, 0.5) is 11.4 Å². The first kappa shape index (κ1) is 23.1. The van der Waals surface area contributed by atoms with E-state index in [9.17, 15) is 19.7 Å². The Morgan fingerprint density at radius 3 is 2.38 bits per heavy atom. The maximum absolute atomic E-state index is 13.2. The third kappa shape index (κ3) is 5.03. The molecular formula is C24H27N3O5. The zero-order valence-electron chi connectivity index (χ0n) is 18.7. The van der Waals surface area contributed by atoms with Crippen molar-refractivity contribution in [2.24, 2.45) is 0 Å². The molecule has 168 valence electrons. The molecule has 0 aliphatic carbocycles. The average molecular weight is 437 g/mol. The number of aryl methyl sites for hydroxylation is 2. The fraction of sp³-hybridized carbons (Fsp3) is 0.333. The number of nitrogens with zero attached hydrogens (tertiary/aromatic N) is 2. The molecule has 1 heterocycles. The maximum atomic E-state index is 13.2. The molecule has 0 saturated heterocycles. The highest BCUT2D eigenvalue weighted by Crippen LogP contribution is 2.32. The Balaban J connectivity index is 1.96. The van der Waals surface area contributed by atoms with Crippen LogP contribution in [0.3, 0.4) is 0 Å². The summed E-state index contributed by atoms with van der Waals surface area (Å²) in [5.74, 6) is -0.852. The molecule has 8 nitrogen and oxygen atoms in total. The minimum absolute atomic E-state index is 0.0651. The van der Waals surface area contributed by atoms with Crippen molar-refractivity contribution in [3.05, 3.63) is 75.0 Å². The summed E-state index contributed by atoms with van der Waals surface area (Å²) in [4.78, 5) is 38.2. The number of carbonyl (C=O) groups excluding carboxylic acids is 2. The lowest BCUT2D eigenvalue weighted by atomic mass is 10.0. The molecule has 0 radical (unpaired) electrons. The van der Waals surface area contributed by atoms with Gasteiger partial charge in [0, 0.05) is 31.0 Å². The van der Waals surface area contributed by atoms with Gasteiger partial charge in [0.25, 0.3) is 17.5 Å². The van der Waals surface area contributed by atoms with Gasteiger partial charge in [0.05, 0.1) is 16.6 Å². The van der Waals surface area contributed by atoms with Crippen LogP contribution in [-0.4, -0.2) is 40.9 Å². The third-order valence-electron chi connectivity index (χ3n) is 5.16. The van der Waals surface area contributed by atoms with Gasteiger partial charge in [-0.25, -0.2) is 0 Å². The minimum atomic E-state index is -0.504. The normalized spacial score (nSPS) is 14.0. The smallest absolute Gasteiger partial charge is 0.278 e. The fourth-order valence-electron chi connectivity index (χ4n) is 3.46. The summed E-state index contributed by atoms with van der Waals surface area (Å²) in [5.41, 5.74) is 3.40. The average Bonchev–Trinajstić information content (AvgIpc) is 2.97. The lowest BCUT2D eigenvalue weighted by molar-refractivity contribution is -0.384. The van der Waals surface area contributed by atoms with Crippen molar-refractivity contribution in [1.82, 2.24) is 4.90 Å². The first-order chi connectivity index (χ1) is 15.2. The molecule has 8 heteroatoms. The molecule has 2 aromatic carbocycles. The van der Waals surface area contributed by atoms with E-state index < -0.39 is 16.7 Å². The van der Waals surface area contributed by atoms with Gasteiger partial charge < -0.3 is 10.1 Å². The van der Waals surface area contributed by atoms with Gasteiger partial charge in [-0.15, -0.1) is 0 Å². The number of carbonyl (C=O) groups is 2. The predicted octanol–water partition coefficient (Wildman–Crippen LogP) is 4.22. The number of hydrogen-bond donors (Lipinski definition) is 1. The molecule has 0 spiro atoms. The molecule has 1 N–H and O–H groups in total. The van der Waals surface area contributed by atoms with Crippen molar-refractivity contribution in [1.29, 1.82) is 0 Å². The molecule has 0 saturated carbocycles. The van der Waals surface area contributed by atoms with Crippen LogP contribution in [0.1, 0.15) is 37.0 Å². The molecule has 0 atom stereocenters. The number of nitro groups is 1. The molecule has 0 aromatic heterocycles. The first-order valence-corrected chi connectivity index (χ1v) is 10.5. The summed E-state index contributed by atoms with van der Waals surface area (Å²) >= 11 is 0. The second-order valence-electron chi connectivity index (χ2n) is 8.03. The van der Waals surface area contributed by atoms with Crippen molar-refractivity contribution in [2.45, 2.75) is 40.2 Å². The standard InChI is InChI=1S/C24H27N3O5/c1-15(2)32-13-5-12-26-23(28)21(18-8-10-19(11-9-18)27(30)31)22(24(26)29)25-20-14-16(3)6-7-17(20)4/h6-11,14-15,25H,5,12-13H2,1-4H3. The van der Waals surface area contributed by atoms with Crippen molar-refractivity contribution >= 4 is 28.8 Å². The molecule has 1 aliphatic heterocycles. The van der Waals surface area contributed by atoms with Crippen LogP contribution >= 0.6 is 0 Å². The Morgan fingerprint density at radius 2 is 1.75 bits per heavy atom. The van der Waals surface area contributed by atoms with E-state index in [1.807, 2.05) is 45.9 Å². The van der Waals surface area contributed by atoms with Crippen molar-refractivity contribution in [3.63, 3.8) is 0 Å². The van der Waals surface area contributed by atoms with E-state index in [1.54, 1.807) is 0 Å². The van der Waals surface area contributed by atoms with Crippen LogP contribution < -0.4 is 5.32 Å². The SMILES string of the molecule is Cc1ccc(C)c(NC2=C(c3ccc([N+](=O)[O-])cc3)C(=O)N(CCCOC(C)C)C2=O)c1. The number of nitrogens with one attached hydrogen (secondary N) is 1. The Labute approximate surface area is 187 Å². The Hall–Kier alpha value is -3.52. The topological polar surface area (TPSA) is 102 Å². The van der Waals surface area contributed by atoms with Crippen LogP contribution in [0, 0.1) is 24.0 Å². The van der Waals surface area contributed by atoms with Crippen LogP contribution in [0.2, 0.25) is 0 Å². The number of nitro benzene ring substituents is 1. The lowest BCUT2D eigenvalue weighted by Crippen LogP contribution is -2.34. The number of imide groups is 1. The van der Waals surface area contributed by atoms with Crippen LogP contribution in [0.25, 0.3) is 5.57 Å². The molecule has 0 bridgehead atoms. The summed E-state index contributed by atoms with van der Waals surface area (Å²) < 4.78 is 5.53. The summed E-state index contributed by atoms with van der Waals surface area (Å²) in [6.07, 6.45) is 0.579. The first-order valence-electron chi connectivity index (χ1n) is 10.5. The third-order valence-corrected chi connectivity index (χ3v) is 5.16. The number of hydrogen-bond acceptors (Lipinski definition) is 6. The van der Waals surface area contributed by atoms with E-state index in [4.69, 9.17) is 4.74 Å². The van der Waals surface area contributed by atoms with Gasteiger partial charge in [-0.05, 0) is 69.0 Å². The Morgan fingerprint density at radius 1 is 1.06 bits per heavy atom. The number of rotatable bonds is 9. The van der Waals surface area contributed by atoms with Crippen LogP contribution in [0.15, 0.2) is 48.2 Å². The highest BCUT2D eigenvalue weighted by molar-refractivity contribution is 6.36. The van der Waals surface area contributed by atoms with Gasteiger partial charge in [0.15, 0.2) is 0 Å². The number of non-ortho nitro benzene ring substituents is 1. The Bertz CT molecular complexity index is 1070. The van der Waals surface area contributed by atoms with Gasteiger partial charge in [-0.2, -0.15) is 0 Å². The molecule has 32 heavy (non-hydrogen) atoms. The fourth-order valence-corrected chi connectivity index (χ4v) is 3.46. The van der Waals surface area contributed by atoms with E-state index in [2.05, 4.69) is 5.32 Å². The zero-order chi connectivity index (χ0) is 23.4. The summed E-state index contributed by atoms with van der Waals surface area (Å²) in [7, 11) is 0. The van der Waals surface area contributed by atoms with Crippen LogP contribution in [-0.2, 0) is 14.3 Å². The molecule has 1 aliphatic rings. The second kappa shape index (κ2) is 9.74. The van der Waals surface area contributed by atoms with Gasteiger partial charge >= 0.3 is 0 Å². The number of ether oxygens (including phenoxy) is 1. The maximum Gasteiger partial charge on any atom is 0.278 e. The highest BCUT2D eigenvalue weighted by atomic mass is 16.6. The van der Waals surface area contributed by atoms with Gasteiger partial charge in [0.2, 0.25) is 0 Å². The van der Waals surface area contributed by atoms with E-state index in [0.29, 0.717) is 18.6 Å². The lowest BCUT2D eigenvalue weighted by Gasteiger charge is -2.16. The summed E-state index contributed by atoms with van der Waals surface area (Å²) in [6, 6.07) is 11.5. The second-order valence-corrected chi connectivity index (χ2v) is 8.03. The van der Waals surface area contributed by atoms with Crippen molar-refractivity contribution in [3.8, 4) is 0 Å². The van der Waals surface area contributed by atoms with E-state index in [1.165, 1.54) is 29.2 Å². The van der Waals surface area contributed by atoms with E-state index in [-0.39, 0.29) is 29.6 Å². The van der Waals surface area contributed by atoms with Crippen LogP contribution in [0.5, 0.6) is 0 Å². The quantitative estimate of drug-likeness (QED) is 0.273. The monoisotopic (exact) mass is 437 g/mol. The molecule has 0 fully saturated rings. The highest BCUT2D eigenvalue weighted by Gasteiger charge is 2.39. The molecule has 3 rings (SSSR count). The number of benzene rings is 2. The van der Waals surface area contributed by atoms with Gasteiger partial charge in [0.1, 0.15) is 5.70 Å². The molecule has 0 unspecified atom stereocenters. The largest absolute Gasteiger partial charge is 0.379 e. The minimum Gasteiger partial charge on any atom is -0.379 e. The van der Waals surface area contributed by atoms with Crippen molar-refractivity contribution < 1.29 is 19.2 Å². The number of anilines is 1. The van der Waals surface area contributed by atoms with Gasteiger partial charge in [-0.3, -0.25) is 24.6 Å². The molecule has 2 amide bonds. The van der Waals surface area contributed by atoms with E-state index in [0.717, 1.165) is 16.8 Å². The molecular weight excluding hydrogens is 410 g/mol. The summed E-state index contributed by atoms with van der Waals surface area (Å²) in [5, 5.41) is 14.2. The van der Waals surface area contributed by atoms with E-state index >= 15 is 0 Å². The molecule has 2 aromatic rings.